The Morgan fingerprint density at radius 3 is 3.00 bits per heavy atom. The number of nitro groups is 1. The summed E-state index contributed by atoms with van der Waals surface area (Å²) in [6.07, 6.45) is 3.49. The van der Waals surface area contributed by atoms with Crippen LogP contribution >= 0.6 is 11.6 Å². The molecule has 0 atom stereocenters. The molecule has 1 heterocycles. The molecule has 0 spiro atoms. The van der Waals surface area contributed by atoms with E-state index in [1.54, 1.807) is 6.07 Å². The highest BCUT2D eigenvalue weighted by molar-refractivity contribution is 6.32. The van der Waals surface area contributed by atoms with Crippen LogP contribution in [0.5, 0.6) is 0 Å². The summed E-state index contributed by atoms with van der Waals surface area (Å²) in [4.78, 5) is 23.4. The number of hydrogen-bond acceptors (Lipinski definition) is 6. The lowest BCUT2D eigenvalue weighted by atomic mass is 10.2. The Kier molecular flexibility index (Phi) is 5.36. The summed E-state index contributed by atoms with van der Waals surface area (Å²) in [6, 6.07) is 4.24. The fourth-order valence-electron chi connectivity index (χ4n) is 1.69. The minimum absolute atomic E-state index is 0.0355. The van der Waals surface area contributed by atoms with Gasteiger partial charge in [-0.15, -0.1) is 5.10 Å². The van der Waals surface area contributed by atoms with Gasteiger partial charge in [0.2, 0.25) is 0 Å². The van der Waals surface area contributed by atoms with E-state index in [4.69, 9.17) is 11.6 Å². The minimum Gasteiger partial charge on any atom is -0.288 e. The molecule has 1 aromatic carbocycles. The standard InChI is InChI=1S/C13H13ClN6O3/c1-2-7-19-17-13(16-18-19)15-12(21)6-4-9-3-5-10(14)11(8-9)20(22)23/h3-6,8H,2,7H2,1H3,(H,15,17,21)/b6-4+. The molecule has 0 unspecified atom stereocenters. The second-order valence-corrected chi connectivity index (χ2v) is 4.91. The molecular formula is C13H13ClN6O3. The monoisotopic (exact) mass is 336 g/mol. The maximum atomic E-state index is 11.8. The fraction of sp³-hybridized carbons (Fsp3) is 0.231. The van der Waals surface area contributed by atoms with Crippen molar-refractivity contribution in [3.05, 3.63) is 45.0 Å². The van der Waals surface area contributed by atoms with Crippen molar-refractivity contribution in [2.75, 3.05) is 5.32 Å². The van der Waals surface area contributed by atoms with E-state index in [9.17, 15) is 14.9 Å². The average Bonchev–Trinajstić information content (AvgIpc) is 2.93. The second-order valence-electron chi connectivity index (χ2n) is 4.50. The zero-order valence-electron chi connectivity index (χ0n) is 12.1. The van der Waals surface area contributed by atoms with Crippen LogP contribution in [0.1, 0.15) is 18.9 Å². The van der Waals surface area contributed by atoms with Gasteiger partial charge in [0, 0.05) is 12.1 Å². The summed E-state index contributed by atoms with van der Waals surface area (Å²) in [5.41, 5.74) is 0.247. The number of tetrazole rings is 1. The van der Waals surface area contributed by atoms with Gasteiger partial charge in [-0.3, -0.25) is 20.2 Å². The highest BCUT2D eigenvalue weighted by Crippen LogP contribution is 2.25. The summed E-state index contributed by atoms with van der Waals surface area (Å²) in [5, 5.41) is 24.7. The van der Waals surface area contributed by atoms with Crippen molar-refractivity contribution in [1.82, 2.24) is 20.2 Å². The first kappa shape index (κ1) is 16.6. The topological polar surface area (TPSA) is 116 Å². The lowest BCUT2D eigenvalue weighted by Gasteiger charge is -1.98. The van der Waals surface area contributed by atoms with E-state index >= 15 is 0 Å². The first-order chi connectivity index (χ1) is 11.0. The third kappa shape index (κ3) is 4.58. The third-order valence-corrected chi connectivity index (χ3v) is 3.03. The molecule has 0 radical (unpaired) electrons. The normalized spacial score (nSPS) is 10.9. The largest absolute Gasteiger partial charge is 0.288 e. The highest BCUT2D eigenvalue weighted by atomic mass is 35.5. The van der Waals surface area contributed by atoms with E-state index in [1.165, 1.54) is 29.1 Å². The van der Waals surface area contributed by atoms with Crippen molar-refractivity contribution in [3.63, 3.8) is 0 Å². The van der Waals surface area contributed by atoms with Gasteiger partial charge >= 0.3 is 0 Å². The number of hydrogen-bond donors (Lipinski definition) is 1. The number of nitrogens with one attached hydrogen (secondary N) is 1. The van der Waals surface area contributed by atoms with Crippen molar-refractivity contribution < 1.29 is 9.72 Å². The van der Waals surface area contributed by atoms with Crippen molar-refractivity contribution in [2.45, 2.75) is 19.9 Å². The van der Waals surface area contributed by atoms with Gasteiger partial charge in [-0.2, -0.15) is 4.80 Å². The Hall–Kier alpha value is -2.81. The molecule has 1 amide bonds. The zero-order chi connectivity index (χ0) is 16.8. The number of anilines is 1. The number of carbonyl (C=O) groups excluding carboxylic acids is 1. The minimum atomic E-state index is -0.588. The van der Waals surface area contributed by atoms with Crippen LogP contribution in [0, 0.1) is 10.1 Å². The Bertz CT molecular complexity index is 758. The van der Waals surface area contributed by atoms with E-state index < -0.39 is 10.8 Å². The Balaban J connectivity index is 2.03. The van der Waals surface area contributed by atoms with Crippen LogP contribution in [-0.2, 0) is 11.3 Å². The van der Waals surface area contributed by atoms with E-state index in [-0.39, 0.29) is 16.7 Å². The van der Waals surface area contributed by atoms with Gasteiger partial charge in [0.25, 0.3) is 17.5 Å². The van der Waals surface area contributed by atoms with E-state index in [0.717, 1.165) is 6.42 Å². The van der Waals surface area contributed by atoms with Crippen LogP contribution in [0.4, 0.5) is 11.6 Å². The van der Waals surface area contributed by atoms with E-state index in [1.807, 2.05) is 6.92 Å². The Labute approximate surface area is 136 Å². The number of rotatable bonds is 6. The van der Waals surface area contributed by atoms with Gasteiger partial charge in [0.05, 0.1) is 11.5 Å². The van der Waals surface area contributed by atoms with Gasteiger partial charge in [0.15, 0.2) is 0 Å². The van der Waals surface area contributed by atoms with Gasteiger partial charge in [-0.1, -0.05) is 29.7 Å². The van der Waals surface area contributed by atoms with Crippen LogP contribution in [0.25, 0.3) is 6.08 Å². The third-order valence-electron chi connectivity index (χ3n) is 2.71. The van der Waals surface area contributed by atoms with Crippen molar-refractivity contribution in [2.24, 2.45) is 0 Å². The molecule has 2 aromatic rings. The number of amides is 1. The molecule has 0 saturated carbocycles. The van der Waals surface area contributed by atoms with Crippen molar-refractivity contribution in [3.8, 4) is 0 Å². The van der Waals surface area contributed by atoms with Crippen LogP contribution in [0.2, 0.25) is 5.02 Å². The SMILES string of the molecule is CCCn1nnc(NC(=O)/C=C/c2ccc(Cl)c([N+](=O)[O-])c2)n1. The zero-order valence-corrected chi connectivity index (χ0v) is 12.9. The molecule has 1 N–H and O–H groups in total. The predicted octanol–water partition coefficient (Wildman–Crippen LogP) is 2.30. The van der Waals surface area contributed by atoms with Gasteiger partial charge in [0.1, 0.15) is 5.02 Å². The summed E-state index contributed by atoms with van der Waals surface area (Å²) in [6.45, 7) is 2.57. The molecule has 23 heavy (non-hydrogen) atoms. The number of aromatic nitrogens is 4. The van der Waals surface area contributed by atoms with Crippen LogP contribution in [-0.4, -0.2) is 31.0 Å². The molecule has 0 saturated heterocycles. The maximum Gasteiger partial charge on any atom is 0.288 e. The molecule has 0 aliphatic rings. The summed E-state index contributed by atoms with van der Waals surface area (Å²) < 4.78 is 0. The number of halogens is 1. The quantitative estimate of drug-likeness (QED) is 0.491. The van der Waals surface area contributed by atoms with Crippen molar-refractivity contribution in [1.29, 1.82) is 0 Å². The molecule has 0 aliphatic carbocycles. The molecule has 1 aromatic heterocycles. The van der Waals surface area contributed by atoms with Crippen molar-refractivity contribution >= 4 is 35.2 Å². The van der Waals surface area contributed by atoms with E-state index in [2.05, 4.69) is 20.7 Å². The van der Waals surface area contributed by atoms with Gasteiger partial charge < -0.3 is 0 Å². The number of aryl methyl sites for hydroxylation is 1. The van der Waals surface area contributed by atoms with Gasteiger partial charge in [-0.05, 0) is 29.3 Å². The first-order valence-electron chi connectivity index (χ1n) is 6.70. The molecular weight excluding hydrogens is 324 g/mol. The molecule has 9 nitrogen and oxygen atoms in total. The number of carbonyl (C=O) groups is 1. The summed E-state index contributed by atoms with van der Waals surface area (Å²) in [7, 11) is 0. The molecule has 0 aliphatic heterocycles. The molecule has 0 bridgehead atoms. The smallest absolute Gasteiger partial charge is 0.288 e. The van der Waals surface area contributed by atoms with Crippen LogP contribution in [0.15, 0.2) is 24.3 Å². The number of benzene rings is 1. The average molecular weight is 337 g/mol. The molecule has 2 rings (SSSR count). The first-order valence-corrected chi connectivity index (χ1v) is 7.08. The summed E-state index contributed by atoms with van der Waals surface area (Å²) in [5.74, 6) is -0.381. The fourth-order valence-corrected chi connectivity index (χ4v) is 1.87. The molecule has 0 fully saturated rings. The number of nitro benzene ring substituents is 1. The van der Waals surface area contributed by atoms with Crippen LogP contribution < -0.4 is 5.32 Å². The number of nitrogens with zero attached hydrogens (tertiary/aromatic N) is 5. The molecule has 120 valence electrons. The Morgan fingerprint density at radius 2 is 2.30 bits per heavy atom. The lowest BCUT2D eigenvalue weighted by molar-refractivity contribution is -0.384. The summed E-state index contributed by atoms with van der Waals surface area (Å²) >= 11 is 5.72. The van der Waals surface area contributed by atoms with E-state index in [0.29, 0.717) is 12.1 Å². The maximum absolute atomic E-state index is 11.8. The van der Waals surface area contributed by atoms with Gasteiger partial charge in [-0.25, -0.2) is 0 Å². The predicted molar refractivity (Wildman–Crippen MR) is 83.9 cm³/mol. The highest BCUT2D eigenvalue weighted by Gasteiger charge is 2.12. The lowest BCUT2D eigenvalue weighted by Crippen LogP contribution is -2.09. The van der Waals surface area contributed by atoms with Crippen LogP contribution in [0.3, 0.4) is 0 Å². The molecule has 10 heteroatoms. The second kappa shape index (κ2) is 7.45. The Morgan fingerprint density at radius 1 is 1.52 bits per heavy atom.